The summed E-state index contributed by atoms with van der Waals surface area (Å²) in [6.45, 7) is 3.91. The molecular formula is C19H17N7. The first-order valence-electron chi connectivity index (χ1n) is 8.13. The molecule has 3 N–H and O–H groups in total. The van der Waals surface area contributed by atoms with Crippen LogP contribution in [-0.2, 0) is 0 Å². The Labute approximate surface area is 150 Å². The van der Waals surface area contributed by atoms with Crippen molar-refractivity contribution in [2.75, 3.05) is 11.1 Å². The van der Waals surface area contributed by atoms with Gasteiger partial charge in [0.15, 0.2) is 0 Å². The molecule has 7 nitrogen and oxygen atoms in total. The Balaban J connectivity index is 1.73. The molecule has 0 saturated heterocycles. The highest BCUT2D eigenvalue weighted by Gasteiger charge is 2.07. The molecule has 0 aliphatic heterocycles. The van der Waals surface area contributed by atoms with Gasteiger partial charge in [0.1, 0.15) is 11.6 Å². The van der Waals surface area contributed by atoms with E-state index in [1.54, 1.807) is 12.4 Å². The van der Waals surface area contributed by atoms with Crippen LogP contribution in [0.5, 0.6) is 0 Å². The van der Waals surface area contributed by atoms with Gasteiger partial charge >= 0.3 is 0 Å². The van der Waals surface area contributed by atoms with Crippen LogP contribution in [0.25, 0.3) is 22.0 Å². The molecule has 0 fully saturated rings. The van der Waals surface area contributed by atoms with Crippen molar-refractivity contribution in [2.45, 2.75) is 13.8 Å². The lowest BCUT2D eigenvalue weighted by Gasteiger charge is -2.09. The highest BCUT2D eigenvalue weighted by molar-refractivity contribution is 5.87. The molecule has 0 aliphatic rings. The molecule has 0 atom stereocenters. The molecule has 4 rings (SSSR count). The zero-order valence-electron chi connectivity index (χ0n) is 14.4. The monoisotopic (exact) mass is 343 g/mol. The number of nitrogens with one attached hydrogen (secondary N) is 1. The van der Waals surface area contributed by atoms with E-state index in [4.69, 9.17) is 5.73 Å². The van der Waals surface area contributed by atoms with Crippen molar-refractivity contribution in [3.8, 4) is 11.3 Å². The van der Waals surface area contributed by atoms with Crippen molar-refractivity contribution in [1.29, 1.82) is 0 Å². The van der Waals surface area contributed by atoms with Crippen LogP contribution in [0.4, 0.5) is 17.6 Å². The van der Waals surface area contributed by atoms with Crippen LogP contribution in [0.15, 0.2) is 49.1 Å². The molecule has 4 aromatic heterocycles. The summed E-state index contributed by atoms with van der Waals surface area (Å²) in [5.41, 5.74) is 9.52. The fourth-order valence-electron chi connectivity index (χ4n) is 2.77. The van der Waals surface area contributed by atoms with E-state index in [1.165, 1.54) is 0 Å². The van der Waals surface area contributed by atoms with E-state index in [0.717, 1.165) is 33.3 Å². The quantitative estimate of drug-likeness (QED) is 0.587. The number of nitrogens with two attached hydrogens (primary N) is 1. The molecule has 0 bridgehead atoms. The number of nitrogen functional groups attached to an aromatic ring is 1. The second kappa shape index (κ2) is 6.36. The van der Waals surface area contributed by atoms with Crippen LogP contribution in [0.2, 0.25) is 0 Å². The van der Waals surface area contributed by atoms with Gasteiger partial charge in [-0.05, 0) is 43.0 Å². The molecule has 0 amide bonds. The van der Waals surface area contributed by atoms with Crippen molar-refractivity contribution in [3.05, 3.63) is 60.3 Å². The number of aryl methyl sites for hydroxylation is 2. The van der Waals surface area contributed by atoms with E-state index < -0.39 is 0 Å². The molecule has 0 radical (unpaired) electrons. The van der Waals surface area contributed by atoms with Crippen LogP contribution in [0.1, 0.15) is 11.3 Å². The molecule has 0 unspecified atom stereocenters. The van der Waals surface area contributed by atoms with Gasteiger partial charge in [0, 0.05) is 47.5 Å². The van der Waals surface area contributed by atoms with Crippen LogP contribution < -0.4 is 11.1 Å². The van der Waals surface area contributed by atoms with Crippen molar-refractivity contribution < 1.29 is 0 Å². The minimum absolute atomic E-state index is 0.229. The Morgan fingerprint density at radius 3 is 2.54 bits per heavy atom. The van der Waals surface area contributed by atoms with Crippen LogP contribution in [0.3, 0.4) is 0 Å². The number of aromatic nitrogens is 5. The minimum atomic E-state index is 0.229. The van der Waals surface area contributed by atoms with Gasteiger partial charge in [0.2, 0.25) is 5.95 Å². The molecule has 128 valence electrons. The predicted molar refractivity (Wildman–Crippen MR) is 102 cm³/mol. The Morgan fingerprint density at radius 2 is 1.73 bits per heavy atom. The second-order valence-electron chi connectivity index (χ2n) is 6.05. The summed E-state index contributed by atoms with van der Waals surface area (Å²) in [5, 5.41) is 5.15. The van der Waals surface area contributed by atoms with E-state index in [-0.39, 0.29) is 5.95 Å². The van der Waals surface area contributed by atoms with Gasteiger partial charge in [-0.3, -0.25) is 9.97 Å². The summed E-state index contributed by atoms with van der Waals surface area (Å²) in [5.74, 6) is 1.51. The maximum Gasteiger partial charge on any atom is 0.222 e. The number of fused-ring (bicyclic) bond motifs is 1. The lowest BCUT2D eigenvalue weighted by molar-refractivity contribution is 1.12. The Hall–Kier alpha value is -3.61. The third kappa shape index (κ3) is 3.14. The first-order valence-corrected chi connectivity index (χ1v) is 8.13. The highest BCUT2D eigenvalue weighted by Crippen LogP contribution is 2.25. The van der Waals surface area contributed by atoms with E-state index >= 15 is 0 Å². The molecule has 7 heteroatoms. The lowest BCUT2D eigenvalue weighted by atomic mass is 10.1. The van der Waals surface area contributed by atoms with Gasteiger partial charge in [-0.25, -0.2) is 9.97 Å². The molecule has 0 spiro atoms. The summed E-state index contributed by atoms with van der Waals surface area (Å²) >= 11 is 0. The summed E-state index contributed by atoms with van der Waals surface area (Å²) in [6, 6.07) is 7.79. The number of hydrogen-bond donors (Lipinski definition) is 2. The third-order valence-electron chi connectivity index (χ3n) is 4.05. The van der Waals surface area contributed by atoms with Crippen molar-refractivity contribution in [1.82, 2.24) is 24.9 Å². The SMILES string of the molecule is Cc1cc(Nc2cc3cc(-c4cnccc4C)ncc3cn2)nc(N)n1. The zero-order valence-corrected chi connectivity index (χ0v) is 14.4. The molecule has 4 aromatic rings. The summed E-state index contributed by atoms with van der Waals surface area (Å²) in [4.78, 5) is 21.4. The van der Waals surface area contributed by atoms with Crippen molar-refractivity contribution >= 4 is 28.4 Å². The van der Waals surface area contributed by atoms with E-state index in [0.29, 0.717) is 11.6 Å². The molecule has 26 heavy (non-hydrogen) atoms. The first-order chi connectivity index (χ1) is 12.6. The van der Waals surface area contributed by atoms with Gasteiger partial charge in [-0.2, -0.15) is 4.98 Å². The van der Waals surface area contributed by atoms with E-state index in [9.17, 15) is 0 Å². The minimum Gasteiger partial charge on any atom is -0.368 e. The number of nitrogens with zero attached hydrogens (tertiary/aromatic N) is 5. The second-order valence-corrected chi connectivity index (χ2v) is 6.05. The first kappa shape index (κ1) is 15.9. The summed E-state index contributed by atoms with van der Waals surface area (Å²) in [7, 11) is 0. The Morgan fingerprint density at radius 1 is 0.885 bits per heavy atom. The molecular weight excluding hydrogens is 326 g/mol. The third-order valence-corrected chi connectivity index (χ3v) is 4.05. The van der Waals surface area contributed by atoms with Gasteiger partial charge < -0.3 is 11.1 Å². The van der Waals surface area contributed by atoms with E-state index in [1.807, 2.05) is 50.5 Å². The average Bonchev–Trinajstić information content (AvgIpc) is 2.60. The van der Waals surface area contributed by atoms with Gasteiger partial charge in [0.05, 0.1) is 5.69 Å². The molecule has 0 saturated carbocycles. The number of hydrogen-bond acceptors (Lipinski definition) is 7. The highest BCUT2D eigenvalue weighted by atomic mass is 15.1. The molecule has 4 heterocycles. The van der Waals surface area contributed by atoms with Crippen molar-refractivity contribution in [2.24, 2.45) is 0 Å². The van der Waals surface area contributed by atoms with Crippen LogP contribution >= 0.6 is 0 Å². The van der Waals surface area contributed by atoms with Gasteiger partial charge in [-0.1, -0.05) is 0 Å². The standard InChI is InChI=1S/C19H17N7/c1-11-3-4-21-10-15(11)16-6-13-7-17(23-9-14(13)8-22-16)25-18-5-12(2)24-19(20)26-18/h3-10H,1-2H3,(H3,20,23,24,25,26). The predicted octanol–water partition coefficient (Wildman–Crippen LogP) is 3.42. The number of anilines is 3. The topological polar surface area (TPSA) is 102 Å². The zero-order chi connectivity index (χ0) is 18.1. The van der Waals surface area contributed by atoms with Gasteiger partial charge in [0.25, 0.3) is 0 Å². The fourth-order valence-corrected chi connectivity index (χ4v) is 2.77. The van der Waals surface area contributed by atoms with Crippen LogP contribution in [-0.4, -0.2) is 24.9 Å². The maximum atomic E-state index is 5.71. The van der Waals surface area contributed by atoms with E-state index in [2.05, 4.69) is 30.2 Å². The number of rotatable bonds is 3. The molecule has 0 aromatic carbocycles. The molecule has 0 aliphatic carbocycles. The fraction of sp³-hybridized carbons (Fsp3) is 0.105. The maximum absolute atomic E-state index is 5.71. The van der Waals surface area contributed by atoms with Gasteiger partial charge in [-0.15, -0.1) is 0 Å². The van der Waals surface area contributed by atoms with Crippen LogP contribution in [0, 0.1) is 13.8 Å². The number of pyridine rings is 3. The largest absolute Gasteiger partial charge is 0.368 e. The Bertz CT molecular complexity index is 1090. The Kier molecular flexibility index (Phi) is 3.89. The average molecular weight is 343 g/mol. The normalized spacial score (nSPS) is 10.8. The van der Waals surface area contributed by atoms with Crippen molar-refractivity contribution in [3.63, 3.8) is 0 Å². The summed E-state index contributed by atoms with van der Waals surface area (Å²) < 4.78 is 0. The lowest BCUT2D eigenvalue weighted by Crippen LogP contribution is -2.02. The smallest absolute Gasteiger partial charge is 0.222 e. The summed E-state index contributed by atoms with van der Waals surface area (Å²) in [6.07, 6.45) is 7.21.